The summed E-state index contributed by atoms with van der Waals surface area (Å²) in [5, 5.41) is 6.71. The summed E-state index contributed by atoms with van der Waals surface area (Å²) in [6, 6.07) is 5.70. The quantitative estimate of drug-likeness (QED) is 0.374. The van der Waals surface area contributed by atoms with Crippen LogP contribution in [0.2, 0.25) is 0 Å². The van der Waals surface area contributed by atoms with Crippen molar-refractivity contribution in [2.75, 3.05) is 5.75 Å². The number of carbonyl (C=O) groups excluding carboxylic acids is 2. The molecule has 0 aliphatic rings. The van der Waals surface area contributed by atoms with Crippen molar-refractivity contribution in [2.45, 2.75) is 32.3 Å². The highest BCUT2D eigenvalue weighted by molar-refractivity contribution is 8.00. The third-order valence-corrected chi connectivity index (χ3v) is 6.56. The van der Waals surface area contributed by atoms with Gasteiger partial charge in [-0.25, -0.2) is 9.97 Å². The first-order valence-electron chi connectivity index (χ1n) is 8.06. The van der Waals surface area contributed by atoms with Crippen LogP contribution in [0.3, 0.4) is 0 Å². The highest BCUT2D eigenvalue weighted by Crippen LogP contribution is 2.28. The third kappa shape index (κ3) is 4.49. The van der Waals surface area contributed by atoms with Gasteiger partial charge in [-0.15, -0.1) is 22.7 Å². The van der Waals surface area contributed by atoms with Crippen molar-refractivity contribution < 1.29 is 9.59 Å². The molecule has 26 heavy (non-hydrogen) atoms. The van der Waals surface area contributed by atoms with Gasteiger partial charge < -0.3 is 5.32 Å². The molecule has 5 nitrogen and oxygen atoms in total. The number of Topliss-reactive ketones (excluding diaryl/α,β-unsaturated/α-hetero) is 1. The summed E-state index contributed by atoms with van der Waals surface area (Å²) in [4.78, 5) is 35.5. The van der Waals surface area contributed by atoms with E-state index in [4.69, 9.17) is 0 Å². The Morgan fingerprint density at radius 1 is 1.19 bits per heavy atom. The molecule has 0 spiro atoms. The predicted octanol–water partition coefficient (Wildman–Crippen LogP) is 4.39. The van der Waals surface area contributed by atoms with E-state index < -0.39 is 5.41 Å². The Balaban J connectivity index is 1.58. The van der Waals surface area contributed by atoms with Gasteiger partial charge in [0.25, 0.3) is 0 Å². The van der Waals surface area contributed by atoms with Crippen LogP contribution in [0.25, 0.3) is 10.2 Å². The van der Waals surface area contributed by atoms with Crippen LogP contribution in [0.15, 0.2) is 34.9 Å². The second kappa shape index (κ2) is 7.85. The molecule has 0 aliphatic heterocycles. The highest BCUT2D eigenvalue weighted by Gasteiger charge is 2.21. The summed E-state index contributed by atoms with van der Waals surface area (Å²) in [6.45, 7) is 6.07. The van der Waals surface area contributed by atoms with Gasteiger partial charge in [0.1, 0.15) is 16.2 Å². The Bertz CT molecular complexity index is 940. The molecule has 3 heterocycles. The summed E-state index contributed by atoms with van der Waals surface area (Å²) in [5.74, 6) is 0.393. The molecule has 1 N–H and O–H groups in total. The van der Waals surface area contributed by atoms with E-state index in [2.05, 4.69) is 15.3 Å². The molecule has 3 aromatic rings. The van der Waals surface area contributed by atoms with E-state index in [1.165, 1.54) is 29.4 Å². The van der Waals surface area contributed by atoms with Crippen LogP contribution in [-0.2, 0) is 11.3 Å². The third-order valence-electron chi connectivity index (χ3n) is 3.61. The zero-order chi connectivity index (χ0) is 18.7. The number of amides is 1. The zero-order valence-electron chi connectivity index (χ0n) is 14.7. The molecule has 0 aromatic carbocycles. The maximum absolute atomic E-state index is 12.5. The van der Waals surface area contributed by atoms with Crippen LogP contribution in [-0.4, -0.2) is 27.4 Å². The van der Waals surface area contributed by atoms with Gasteiger partial charge in [0.05, 0.1) is 17.2 Å². The van der Waals surface area contributed by atoms with Crippen molar-refractivity contribution in [3.05, 3.63) is 39.7 Å². The molecule has 0 fully saturated rings. The number of nitrogens with zero attached hydrogens (tertiary/aromatic N) is 2. The number of hydrogen-bond acceptors (Lipinski definition) is 7. The molecule has 8 heteroatoms. The van der Waals surface area contributed by atoms with E-state index in [1.54, 1.807) is 11.3 Å². The molecule has 0 saturated heterocycles. The lowest BCUT2D eigenvalue weighted by atomic mass is 9.96. The van der Waals surface area contributed by atoms with E-state index in [-0.39, 0.29) is 11.7 Å². The average Bonchev–Trinajstić information content (AvgIpc) is 3.25. The number of rotatable bonds is 6. The lowest BCUT2D eigenvalue weighted by Crippen LogP contribution is -2.34. The van der Waals surface area contributed by atoms with Gasteiger partial charge >= 0.3 is 0 Å². The molecule has 0 atom stereocenters. The standard InChI is InChI=1S/C18H19N3O2S3/c1-18(2,3)17(23)19-8-11-4-5-14(26-11)13(22)9-25-16-12-6-7-24-15(12)20-10-21-16/h4-7,10H,8-9H2,1-3H3,(H,19,23). The van der Waals surface area contributed by atoms with E-state index in [1.807, 2.05) is 44.4 Å². The largest absolute Gasteiger partial charge is 0.351 e. The van der Waals surface area contributed by atoms with Gasteiger partial charge in [-0.3, -0.25) is 9.59 Å². The Morgan fingerprint density at radius 3 is 2.77 bits per heavy atom. The second-order valence-electron chi connectivity index (χ2n) is 6.73. The Hall–Kier alpha value is -1.77. The van der Waals surface area contributed by atoms with Crippen LogP contribution in [0.5, 0.6) is 0 Å². The van der Waals surface area contributed by atoms with Crippen molar-refractivity contribution in [3.8, 4) is 0 Å². The van der Waals surface area contributed by atoms with Gasteiger partial charge in [0.15, 0.2) is 5.78 Å². The SMILES string of the molecule is CC(C)(C)C(=O)NCc1ccc(C(=O)CSc2ncnc3sccc23)s1. The molecule has 0 unspecified atom stereocenters. The number of carbonyl (C=O) groups is 2. The molecular weight excluding hydrogens is 386 g/mol. The van der Waals surface area contributed by atoms with Crippen LogP contribution < -0.4 is 5.32 Å². The number of ketones is 1. The maximum Gasteiger partial charge on any atom is 0.225 e. The molecule has 0 aliphatic carbocycles. The van der Waals surface area contributed by atoms with E-state index >= 15 is 0 Å². The molecule has 0 radical (unpaired) electrons. The Labute approximate surface area is 164 Å². The van der Waals surface area contributed by atoms with Crippen molar-refractivity contribution in [1.29, 1.82) is 0 Å². The van der Waals surface area contributed by atoms with Crippen molar-refractivity contribution in [2.24, 2.45) is 5.41 Å². The fraction of sp³-hybridized carbons (Fsp3) is 0.333. The van der Waals surface area contributed by atoms with Crippen LogP contribution in [0.4, 0.5) is 0 Å². The normalized spacial score (nSPS) is 11.7. The van der Waals surface area contributed by atoms with Gasteiger partial charge in [0, 0.05) is 15.7 Å². The molecule has 3 aromatic heterocycles. The molecule has 0 saturated carbocycles. The van der Waals surface area contributed by atoms with Crippen molar-refractivity contribution in [1.82, 2.24) is 15.3 Å². The van der Waals surface area contributed by atoms with E-state index in [9.17, 15) is 9.59 Å². The summed E-state index contributed by atoms with van der Waals surface area (Å²) in [7, 11) is 0. The fourth-order valence-corrected chi connectivity index (χ4v) is 4.78. The second-order valence-corrected chi connectivity index (χ2v) is 9.76. The summed E-state index contributed by atoms with van der Waals surface area (Å²) < 4.78 is 0. The first-order chi connectivity index (χ1) is 12.3. The molecule has 1 amide bonds. The summed E-state index contributed by atoms with van der Waals surface area (Å²) in [6.07, 6.45) is 1.53. The Kier molecular flexibility index (Phi) is 5.74. The minimum atomic E-state index is -0.420. The fourth-order valence-electron chi connectivity index (χ4n) is 2.14. The van der Waals surface area contributed by atoms with Crippen LogP contribution in [0, 0.1) is 5.41 Å². The van der Waals surface area contributed by atoms with Gasteiger partial charge in [-0.1, -0.05) is 32.5 Å². The summed E-state index contributed by atoms with van der Waals surface area (Å²) in [5.41, 5.74) is -0.420. The van der Waals surface area contributed by atoms with E-state index in [0.29, 0.717) is 17.2 Å². The molecule has 136 valence electrons. The van der Waals surface area contributed by atoms with Gasteiger partial charge in [-0.05, 0) is 23.6 Å². The average molecular weight is 406 g/mol. The van der Waals surface area contributed by atoms with Gasteiger partial charge in [0.2, 0.25) is 5.91 Å². The van der Waals surface area contributed by atoms with Crippen LogP contribution >= 0.6 is 34.4 Å². The van der Waals surface area contributed by atoms with E-state index in [0.717, 1.165) is 20.1 Å². The van der Waals surface area contributed by atoms with Gasteiger partial charge in [-0.2, -0.15) is 0 Å². The molecule has 3 rings (SSSR count). The monoisotopic (exact) mass is 405 g/mol. The topological polar surface area (TPSA) is 72.0 Å². The number of thioether (sulfide) groups is 1. The smallest absolute Gasteiger partial charge is 0.225 e. The number of fused-ring (bicyclic) bond motifs is 1. The van der Waals surface area contributed by atoms with Crippen LogP contribution in [0.1, 0.15) is 35.3 Å². The number of hydrogen-bond donors (Lipinski definition) is 1. The van der Waals surface area contributed by atoms with Crippen molar-refractivity contribution >= 4 is 56.3 Å². The highest BCUT2D eigenvalue weighted by atomic mass is 32.2. The lowest BCUT2D eigenvalue weighted by Gasteiger charge is -2.17. The van der Waals surface area contributed by atoms with Crippen molar-refractivity contribution in [3.63, 3.8) is 0 Å². The number of aromatic nitrogens is 2. The predicted molar refractivity (Wildman–Crippen MR) is 108 cm³/mol. The first kappa shape index (κ1) is 19.0. The molecular formula is C18H19N3O2S3. The minimum absolute atomic E-state index is 0.00197. The minimum Gasteiger partial charge on any atom is -0.351 e. The summed E-state index contributed by atoms with van der Waals surface area (Å²) >= 11 is 4.42. The molecule has 0 bridgehead atoms. The lowest BCUT2D eigenvalue weighted by molar-refractivity contribution is -0.128. The number of nitrogens with one attached hydrogen (secondary N) is 1. The zero-order valence-corrected chi connectivity index (χ0v) is 17.2. The number of thiophene rings is 2. The maximum atomic E-state index is 12.5. The Morgan fingerprint density at radius 2 is 2.00 bits per heavy atom. The first-order valence-corrected chi connectivity index (χ1v) is 10.7.